The van der Waals surface area contributed by atoms with Crippen LogP contribution in [0.1, 0.15) is 33.6 Å². The number of nitrogens with zero attached hydrogens (tertiary/aromatic N) is 1. The van der Waals surface area contributed by atoms with Gasteiger partial charge in [0.2, 0.25) is 17.7 Å². The number of rotatable bonds is 12. The van der Waals surface area contributed by atoms with E-state index in [1.165, 1.54) is 6.07 Å². The van der Waals surface area contributed by atoms with Crippen molar-refractivity contribution in [2.24, 2.45) is 5.73 Å². The standard InChI is InChI=1S/C21H27N5O7.ClH/c22-6-8-32-10-11-33-9-7-23-17(28)12-24-14-3-1-2-13-18(14)21(31)26(20(13)30)15-4-5-16(27)25-19(15)29;/h1-3,15,24H,4-12,22H2,(H,23,28)(H,25,27,29);1H. The van der Waals surface area contributed by atoms with E-state index < -0.39 is 29.7 Å². The molecule has 1 saturated heterocycles. The molecule has 13 heteroatoms. The molecule has 0 aliphatic carbocycles. The maximum atomic E-state index is 13.0. The summed E-state index contributed by atoms with van der Waals surface area (Å²) in [6.45, 7) is 2.21. The molecule has 2 aliphatic rings. The Bertz CT molecular complexity index is 942. The lowest BCUT2D eigenvalue weighted by atomic mass is 10.0. The van der Waals surface area contributed by atoms with E-state index in [0.717, 1.165) is 4.90 Å². The van der Waals surface area contributed by atoms with E-state index >= 15 is 0 Å². The van der Waals surface area contributed by atoms with E-state index in [2.05, 4.69) is 16.0 Å². The van der Waals surface area contributed by atoms with Crippen LogP contribution in [0.2, 0.25) is 0 Å². The minimum absolute atomic E-state index is 0. The molecule has 0 aromatic heterocycles. The van der Waals surface area contributed by atoms with Gasteiger partial charge in [0.15, 0.2) is 0 Å². The van der Waals surface area contributed by atoms with E-state index in [1.807, 2.05) is 0 Å². The Morgan fingerprint density at radius 1 is 1.09 bits per heavy atom. The molecule has 34 heavy (non-hydrogen) atoms. The summed E-state index contributed by atoms with van der Waals surface area (Å²) in [4.78, 5) is 62.4. The van der Waals surface area contributed by atoms with Crippen molar-refractivity contribution in [2.45, 2.75) is 18.9 Å². The number of nitrogens with one attached hydrogen (secondary N) is 3. The lowest BCUT2D eigenvalue weighted by Crippen LogP contribution is -2.54. The van der Waals surface area contributed by atoms with Crippen molar-refractivity contribution in [3.05, 3.63) is 29.3 Å². The quantitative estimate of drug-likeness (QED) is 0.209. The number of hydrogen-bond acceptors (Lipinski definition) is 9. The van der Waals surface area contributed by atoms with Gasteiger partial charge in [-0.25, -0.2) is 0 Å². The summed E-state index contributed by atoms with van der Waals surface area (Å²) in [6, 6.07) is 3.60. The summed E-state index contributed by atoms with van der Waals surface area (Å²) in [7, 11) is 0. The second-order valence-electron chi connectivity index (χ2n) is 7.39. The molecule has 0 radical (unpaired) electrons. The fraction of sp³-hybridized carbons (Fsp3) is 0.476. The van der Waals surface area contributed by atoms with Crippen molar-refractivity contribution in [3.63, 3.8) is 0 Å². The van der Waals surface area contributed by atoms with Gasteiger partial charge in [0.25, 0.3) is 11.8 Å². The normalized spacial score (nSPS) is 17.2. The Balaban J connectivity index is 0.00000408. The van der Waals surface area contributed by atoms with Crippen LogP contribution in [-0.2, 0) is 23.9 Å². The monoisotopic (exact) mass is 497 g/mol. The fourth-order valence-corrected chi connectivity index (χ4v) is 3.57. The molecule has 0 spiro atoms. The number of fused-ring (bicyclic) bond motifs is 1. The molecule has 186 valence electrons. The van der Waals surface area contributed by atoms with Crippen molar-refractivity contribution < 1.29 is 33.4 Å². The number of hydrogen-bond donors (Lipinski definition) is 4. The highest BCUT2D eigenvalue weighted by Gasteiger charge is 2.45. The van der Waals surface area contributed by atoms with Gasteiger partial charge >= 0.3 is 0 Å². The summed E-state index contributed by atoms with van der Waals surface area (Å²) in [5, 5.41) is 7.71. The summed E-state index contributed by atoms with van der Waals surface area (Å²) in [6.07, 6.45) is 0.113. The molecule has 1 aromatic carbocycles. The summed E-state index contributed by atoms with van der Waals surface area (Å²) < 4.78 is 10.5. The zero-order chi connectivity index (χ0) is 23.8. The molecule has 0 bridgehead atoms. The van der Waals surface area contributed by atoms with Crippen LogP contribution in [0, 0.1) is 0 Å². The van der Waals surface area contributed by atoms with Crippen molar-refractivity contribution in [1.29, 1.82) is 0 Å². The summed E-state index contributed by atoms with van der Waals surface area (Å²) in [5.74, 6) is -2.69. The number of nitrogens with two attached hydrogens (primary N) is 1. The Morgan fingerprint density at radius 3 is 2.53 bits per heavy atom. The van der Waals surface area contributed by atoms with Crippen molar-refractivity contribution in [3.8, 4) is 0 Å². The van der Waals surface area contributed by atoms with E-state index in [9.17, 15) is 24.0 Å². The second kappa shape index (κ2) is 13.0. The Kier molecular flexibility index (Phi) is 10.4. The molecule has 1 unspecified atom stereocenters. The number of halogens is 1. The number of benzene rings is 1. The molecular formula is C21H28ClN5O7. The Hall–Kier alpha value is -3.06. The molecule has 0 saturated carbocycles. The first-order valence-electron chi connectivity index (χ1n) is 10.6. The molecule has 1 atom stereocenters. The van der Waals surface area contributed by atoms with Gasteiger partial charge in [-0.3, -0.25) is 34.2 Å². The molecule has 5 amide bonds. The largest absolute Gasteiger partial charge is 0.378 e. The fourth-order valence-electron chi connectivity index (χ4n) is 3.57. The highest BCUT2D eigenvalue weighted by atomic mass is 35.5. The third kappa shape index (κ3) is 6.50. The average Bonchev–Trinajstić information content (AvgIpc) is 3.05. The highest BCUT2D eigenvalue weighted by Crippen LogP contribution is 2.32. The molecule has 2 heterocycles. The van der Waals surface area contributed by atoms with Crippen molar-refractivity contribution in [1.82, 2.24) is 15.5 Å². The minimum atomic E-state index is -1.05. The first kappa shape index (κ1) is 27.2. The van der Waals surface area contributed by atoms with Crippen LogP contribution >= 0.6 is 12.4 Å². The molecule has 3 rings (SSSR count). The molecular weight excluding hydrogens is 470 g/mol. The van der Waals surface area contributed by atoms with Crippen LogP contribution in [0.4, 0.5) is 5.69 Å². The number of carbonyl (C=O) groups is 5. The summed E-state index contributed by atoms with van der Waals surface area (Å²) >= 11 is 0. The van der Waals surface area contributed by atoms with Crippen LogP contribution in [0.25, 0.3) is 0 Å². The van der Waals surface area contributed by atoms with Crippen LogP contribution in [0.5, 0.6) is 0 Å². The van der Waals surface area contributed by atoms with Gasteiger partial charge in [0.05, 0.1) is 44.1 Å². The van der Waals surface area contributed by atoms with E-state index in [0.29, 0.717) is 45.2 Å². The van der Waals surface area contributed by atoms with Crippen LogP contribution in [0.3, 0.4) is 0 Å². The highest BCUT2D eigenvalue weighted by molar-refractivity contribution is 6.25. The first-order valence-corrected chi connectivity index (χ1v) is 10.6. The van der Waals surface area contributed by atoms with E-state index in [-0.39, 0.29) is 48.8 Å². The molecule has 12 nitrogen and oxygen atoms in total. The number of amides is 5. The lowest BCUT2D eigenvalue weighted by molar-refractivity contribution is -0.136. The average molecular weight is 498 g/mol. The van der Waals surface area contributed by atoms with Crippen LogP contribution < -0.4 is 21.7 Å². The first-order chi connectivity index (χ1) is 15.9. The van der Waals surface area contributed by atoms with Gasteiger partial charge in [0.1, 0.15) is 6.04 Å². The SMILES string of the molecule is Cl.NCCOCCOCCNC(=O)CNc1cccc2c1C(=O)N(C1CCC(=O)NC1=O)C2=O. The smallest absolute Gasteiger partial charge is 0.264 e. The van der Waals surface area contributed by atoms with Gasteiger partial charge in [-0.2, -0.15) is 0 Å². The van der Waals surface area contributed by atoms with Gasteiger partial charge in [-0.1, -0.05) is 6.07 Å². The predicted octanol–water partition coefficient (Wildman–Crippen LogP) is -0.970. The Labute approximate surface area is 202 Å². The van der Waals surface area contributed by atoms with Gasteiger partial charge in [0, 0.05) is 25.2 Å². The van der Waals surface area contributed by atoms with Gasteiger partial charge in [-0.15, -0.1) is 12.4 Å². The lowest BCUT2D eigenvalue weighted by Gasteiger charge is -2.27. The van der Waals surface area contributed by atoms with Gasteiger partial charge in [-0.05, 0) is 18.6 Å². The topological polar surface area (TPSA) is 169 Å². The van der Waals surface area contributed by atoms with Crippen LogP contribution in [0.15, 0.2) is 18.2 Å². The molecule has 1 aromatic rings. The third-order valence-corrected chi connectivity index (χ3v) is 5.11. The van der Waals surface area contributed by atoms with Gasteiger partial charge < -0.3 is 25.8 Å². The third-order valence-electron chi connectivity index (χ3n) is 5.11. The van der Waals surface area contributed by atoms with Crippen LogP contribution in [-0.4, -0.2) is 86.5 Å². The number of ether oxygens (including phenoxy) is 2. The zero-order valence-corrected chi connectivity index (χ0v) is 19.3. The maximum absolute atomic E-state index is 13.0. The van der Waals surface area contributed by atoms with E-state index in [1.54, 1.807) is 12.1 Å². The van der Waals surface area contributed by atoms with Crippen molar-refractivity contribution in [2.75, 3.05) is 51.4 Å². The zero-order valence-electron chi connectivity index (χ0n) is 18.5. The molecule has 1 fully saturated rings. The Morgan fingerprint density at radius 2 is 1.82 bits per heavy atom. The van der Waals surface area contributed by atoms with Crippen molar-refractivity contribution >= 4 is 47.6 Å². The minimum Gasteiger partial charge on any atom is -0.378 e. The number of imide groups is 2. The predicted molar refractivity (Wildman–Crippen MR) is 123 cm³/mol. The number of piperidine rings is 1. The van der Waals surface area contributed by atoms with E-state index in [4.69, 9.17) is 15.2 Å². The molecule has 2 aliphatic heterocycles. The maximum Gasteiger partial charge on any atom is 0.264 e. The number of carbonyl (C=O) groups excluding carboxylic acids is 5. The second-order valence-corrected chi connectivity index (χ2v) is 7.39. The summed E-state index contributed by atoms with van der Waals surface area (Å²) in [5.41, 5.74) is 5.85. The number of anilines is 1. The molecule has 5 N–H and O–H groups in total.